The Balaban J connectivity index is 1.60. The number of hydroxylamine groups is 1. The summed E-state index contributed by atoms with van der Waals surface area (Å²) in [6, 6.07) is 20.3. The van der Waals surface area contributed by atoms with E-state index in [1.165, 1.54) is 17.3 Å². The Morgan fingerprint density at radius 3 is 2.90 bits per heavy atom. The lowest BCUT2D eigenvalue weighted by Gasteiger charge is -2.27. The minimum atomic E-state index is -0.556. The number of rotatable bonds is 6. The van der Waals surface area contributed by atoms with Crippen molar-refractivity contribution in [2.75, 3.05) is 16.8 Å². The molecule has 4 rings (SSSR count). The standard InChI is InChI=1S/C23H22N4O2/c28-22(26-29)11-10-17-5-3-7-19(15-17)23-25-20-8-1-2-9-21(20)27(23)14-12-18-6-4-13-24-16-18/h1-11,13,15-16,23,25,29H,12,14H2,(H,26,28)/b11-10+. The van der Waals surface area contributed by atoms with Gasteiger partial charge in [-0.2, -0.15) is 0 Å². The monoisotopic (exact) mass is 386 g/mol. The third kappa shape index (κ3) is 4.28. The molecule has 0 saturated carbocycles. The van der Waals surface area contributed by atoms with E-state index >= 15 is 0 Å². The maximum Gasteiger partial charge on any atom is 0.267 e. The van der Waals surface area contributed by atoms with Gasteiger partial charge in [-0.25, -0.2) is 5.48 Å². The van der Waals surface area contributed by atoms with Crippen LogP contribution in [0.4, 0.5) is 11.4 Å². The summed E-state index contributed by atoms with van der Waals surface area (Å²) < 4.78 is 0. The molecule has 2 heterocycles. The molecule has 6 heteroatoms. The number of benzene rings is 2. The Morgan fingerprint density at radius 2 is 2.07 bits per heavy atom. The summed E-state index contributed by atoms with van der Waals surface area (Å²) in [4.78, 5) is 17.8. The molecule has 29 heavy (non-hydrogen) atoms. The molecule has 2 aromatic carbocycles. The molecular formula is C23H22N4O2. The van der Waals surface area contributed by atoms with Gasteiger partial charge in [-0.1, -0.05) is 36.4 Å². The second kappa shape index (κ2) is 8.58. The number of anilines is 2. The predicted octanol–water partition coefficient (Wildman–Crippen LogP) is 3.77. The first-order chi connectivity index (χ1) is 14.2. The zero-order chi connectivity index (χ0) is 20.1. The number of amides is 1. The van der Waals surface area contributed by atoms with E-state index in [9.17, 15) is 4.79 Å². The second-order valence-electron chi connectivity index (χ2n) is 6.85. The van der Waals surface area contributed by atoms with Crippen LogP contribution in [0.3, 0.4) is 0 Å². The van der Waals surface area contributed by atoms with Crippen LogP contribution in [0.25, 0.3) is 6.08 Å². The van der Waals surface area contributed by atoms with E-state index in [1.54, 1.807) is 17.8 Å². The normalized spacial score (nSPS) is 15.2. The number of carbonyl (C=O) groups is 1. The van der Waals surface area contributed by atoms with Gasteiger partial charge in [-0.05, 0) is 53.5 Å². The quantitative estimate of drug-likeness (QED) is 0.341. The van der Waals surface area contributed by atoms with E-state index in [1.807, 2.05) is 42.6 Å². The number of fused-ring (bicyclic) bond motifs is 1. The highest BCUT2D eigenvalue weighted by Gasteiger charge is 2.29. The molecule has 1 aliphatic heterocycles. The maximum atomic E-state index is 11.3. The van der Waals surface area contributed by atoms with Gasteiger partial charge in [0.25, 0.3) is 5.91 Å². The fourth-order valence-corrected chi connectivity index (χ4v) is 3.56. The lowest BCUT2D eigenvalue weighted by atomic mass is 10.1. The van der Waals surface area contributed by atoms with Crippen molar-refractivity contribution in [3.63, 3.8) is 0 Å². The van der Waals surface area contributed by atoms with Gasteiger partial charge in [-0.3, -0.25) is 15.0 Å². The Labute approximate surface area is 169 Å². The van der Waals surface area contributed by atoms with Crippen LogP contribution in [0.2, 0.25) is 0 Å². The second-order valence-corrected chi connectivity index (χ2v) is 6.85. The molecule has 0 saturated heterocycles. The SMILES string of the molecule is O=C(/C=C/c1cccc(C2Nc3ccccc3N2CCc2cccnc2)c1)NO. The van der Waals surface area contributed by atoms with Gasteiger partial charge in [0.15, 0.2) is 0 Å². The van der Waals surface area contributed by atoms with E-state index in [-0.39, 0.29) is 6.17 Å². The first-order valence-electron chi connectivity index (χ1n) is 9.48. The predicted molar refractivity (Wildman–Crippen MR) is 113 cm³/mol. The van der Waals surface area contributed by atoms with Gasteiger partial charge in [0.1, 0.15) is 6.17 Å². The maximum absolute atomic E-state index is 11.3. The van der Waals surface area contributed by atoms with Crippen LogP contribution in [0.5, 0.6) is 0 Å². The highest BCUT2D eigenvalue weighted by molar-refractivity contribution is 5.90. The Kier molecular flexibility index (Phi) is 5.54. The first-order valence-corrected chi connectivity index (χ1v) is 9.48. The molecule has 0 aliphatic carbocycles. The average Bonchev–Trinajstić information content (AvgIpc) is 3.15. The van der Waals surface area contributed by atoms with Crippen molar-refractivity contribution in [3.8, 4) is 0 Å². The van der Waals surface area contributed by atoms with Crippen LogP contribution in [0, 0.1) is 0 Å². The zero-order valence-corrected chi connectivity index (χ0v) is 15.8. The molecule has 146 valence electrons. The van der Waals surface area contributed by atoms with Gasteiger partial charge < -0.3 is 10.2 Å². The van der Waals surface area contributed by atoms with E-state index in [0.717, 1.165) is 29.8 Å². The number of hydrogen-bond acceptors (Lipinski definition) is 5. The number of para-hydroxylation sites is 2. The minimum Gasteiger partial charge on any atom is -0.360 e. The molecule has 1 amide bonds. The van der Waals surface area contributed by atoms with Gasteiger partial charge in [0, 0.05) is 25.0 Å². The van der Waals surface area contributed by atoms with E-state index < -0.39 is 5.91 Å². The third-order valence-corrected chi connectivity index (χ3v) is 4.95. The highest BCUT2D eigenvalue weighted by Crippen LogP contribution is 2.41. The van der Waals surface area contributed by atoms with Crippen LogP contribution < -0.4 is 15.7 Å². The van der Waals surface area contributed by atoms with Crippen molar-refractivity contribution in [3.05, 3.63) is 95.8 Å². The molecule has 0 fully saturated rings. The number of nitrogens with zero attached hydrogens (tertiary/aromatic N) is 2. The summed E-state index contributed by atoms with van der Waals surface area (Å²) >= 11 is 0. The molecular weight excluding hydrogens is 364 g/mol. The molecule has 1 aliphatic rings. The van der Waals surface area contributed by atoms with Crippen LogP contribution in [-0.2, 0) is 11.2 Å². The number of hydrogen-bond donors (Lipinski definition) is 3. The summed E-state index contributed by atoms with van der Waals surface area (Å²) in [6.07, 6.45) is 7.55. The smallest absolute Gasteiger partial charge is 0.267 e. The Bertz CT molecular complexity index is 1020. The largest absolute Gasteiger partial charge is 0.360 e. The topological polar surface area (TPSA) is 77.5 Å². The minimum absolute atomic E-state index is 0.0101. The van der Waals surface area contributed by atoms with Crippen LogP contribution >= 0.6 is 0 Å². The third-order valence-electron chi connectivity index (χ3n) is 4.95. The number of carbonyl (C=O) groups excluding carboxylic acids is 1. The summed E-state index contributed by atoms with van der Waals surface area (Å²) in [6.45, 7) is 0.841. The molecule has 0 radical (unpaired) electrons. The van der Waals surface area contributed by atoms with E-state index in [4.69, 9.17) is 5.21 Å². The molecule has 1 atom stereocenters. The molecule has 1 unspecified atom stereocenters. The van der Waals surface area contributed by atoms with Gasteiger partial charge in [-0.15, -0.1) is 0 Å². The van der Waals surface area contributed by atoms with E-state index in [0.29, 0.717) is 0 Å². The van der Waals surface area contributed by atoms with Crippen molar-refractivity contribution in [2.24, 2.45) is 0 Å². The van der Waals surface area contributed by atoms with Gasteiger partial charge in [0.05, 0.1) is 11.4 Å². The average molecular weight is 386 g/mol. The Hall–Kier alpha value is -3.64. The summed E-state index contributed by atoms with van der Waals surface area (Å²) in [5.41, 5.74) is 7.05. The summed E-state index contributed by atoms with van der Waals surface area (Å²) in [7, 11) is 0. The molecule has 3 aromatic rings. The van der Waals surface area contributed by atoms with E-state index in [2.05, 4.69) is 39.5 Å². The first kappa shape index (κ1) is 18.7. The summed E-state index contributed by atoms with van der Waals surface area (Å²) in [5.74, 6) is -0.556. The van der Waals surface area contributed by atoms with Crippen molar-refractivity contribution < 1.29 is 10.0 Å². The molecule has 0 spiro atoms. The summed E-state index contributed by atoms with van der Waals surface area (Å²) in [5, 5.41) is 12.3. The van der Waals surface area contributed by atoms with Crippen molar-refractivity contribution in [1.82, 2.24) is 10.5 Å². The molecule has 6 nitrogen and oxygen atoms in total. The fourth-order valence-electron chi connectivity index (χ4n) is 3.56. The highest BCUT2D eigenvalue weighted by atomic mass is 16.5. The lowest BCUT2D eigenvalue weighted by Crippen LogP contribution is -2.30. The van der Waals surface area contributed by atoms with Crippen molar-refractivity contribution >= 4 is 23.4 Å². The Morgan fingerprint density at radius 1 is 1.17 bits per heavy atom. The molecule has 1 aromatic heterocycles. The lowest BCUT2D eigenvalue weighted by molar-refractivity contribution is -0.124. The van der Waals surface area contributed by atoms with Crippen molar-refractivity contribution in [2.45, 2.75) is 12.6 Å². The van der Waals surface area contributed by atoms with Crippen LogP contribution in [0.15, 0.2) is 79.1 Å². The number of aromatic nitrogens is 1. The van der Waals surface area contributed by atoms with Crippen LogP contribution in [0.1, 0.15) is 22.9 Å². The number of nitrogens with one attached hydrogen (secondary N) is 2. The van der Waals surface area contributed by atoms with Crippen molar-refractivity contribution in [1.29, 1.82) is 0 Å². The zero-order valence-electron chi connectivity index (χ0n) is 15.8. The molecule has 3 N–H and O–H groups in total. The van der Waals surface area contributed by atoms with Crippen LogP contribution in [-0.4, -0.2) is 22.6 Å². The fraction of sp³-hybridized carbons (Fsp3) is 0.130. The molecule has 0 bridgehead atoms. The van der Waals surface area contributed by atoms with Gasteiger partial charge in [0.2, 0.25) is 0 Å². The number of pyridine rings is 1. The van der Waals surface area contributed by atoms with Gasteiger partial charge >= 0.3 is 0 Å².